The molecule has 2 aliphatic heterocycles. The largest absolute Gasteiger partial charge is 0.340 e. The Hall–Kier alpha value is -2.17. The average molecular weight is 352 g/mol. The number of hydrogen-bond donors (Lipinski definition) is 0. The minimum atomic E-state index is 0.157. The molecule has 0 aliphatic carbocycles. The summed E-state index contributed by atoms with van der Waals surface area (Å²) in [4.78, 5) is 24.2. The first-order chi connectivity index (χ1) is 12.7. The van der Waals surface area contributed by atoms with Crippen LogP contribution in [-0.4, -0.2) is 27.6 Å². The van der Waals surface area contributed by atoms with Crippen molar-refractivity contribution in [1.29, 1.82) is 0 Å². The Bertz CT molecular complexity index is 814. The molecule has 0 radical (unpaired) electrons. The number of anilines is 1. The van der Waals surface area contributed by atoms with Crippen LogP contribution in [0.2, 0.25) is 0 Å². The van der Waals surface area contributed by atoms with E-state index in [1.807, 2.05) is 18.5 Å². The van der Waals surface area contributed by atoms with Crippen molar-refractivity contribution in [2.75, 3.05) is 18.0 Å². The maximum atomic E-state index is 12.6. The third-order valence-electron chi connectivity index (χ3n) is 5.90. The Morgan fingerprint density at radius 2 is 1.92 bits per heavy atom. The summed E-state index contributed by atoms with van der Waals surface area (Å²) in [5.74, 6) is 1.71. The maximum absolute atomic E-state index is 12.6. The number of piperidine rings is 1. The fraction of sp³-hybridized carbons (Fsp3) is 0.571. The van der Waals surface area contributed by atoms with Crippen molar-refractivity contribution in [1.82, 2.24) is 14.5 Å². The van der Waals surface area contributed by atoms with Gasteiger partial charge in [0.1, 0.15) is 0 Å². The van der Waals surface area contributed by atoms with Gasteiger partial charge >= 0.3 is 0 Å². The minimum absolute atomic E-state index is 0.157. The third kappa shape index (κ3) is 3.04. The van der Waals surface area contributed by atoms with Gasteiger partial charge in [0.2, 0.25) is 5.95 Å². The zero-order valence-electron chi connectivity index (χ0n) is 15.8. The van der Waals surface area contributed by atoms with Crippen molar-refractivity contribution in [2.24, 2.45) is 5.92 Å². The van der Waals surface area contributed by atoms with Crippen LogP contribution in [0.1, 0.15) is 62.7 Å². The molecular formula is C21H28N4O. The Morgan fingerprint density at radius 1 is 1.12 bits per heavy atom. The first-order valence-corrected chi connectivity index (χ1v) is 9.98. The van der Waals surface area contributed by atoms with Gasteiger partial charge in [-0.3, -0.25) is 4.79 Å². The predicted octanol–water partition coefficient (Wildman–Crippen LogP) is 3.56. The van der Waals surface area contributed by atoms with Gasteiger partial charge < -0.3 is 9.47 Å². The van der Waals surface area contributed by atoms with E-state index in [0.29, 0.717) is 17.9 Å². The molecular weight excluding hydrogens is 324 g/mol. The molecule has 138 valence electrons. The van der Waals surface area contributed by atoms with E-state index >= 15 is 0 Å². The highest BCUT2D eigenvalue weighted by Crippen LogP contribution is 2.43. The summed E-state index contributed by atoms with van der Waals surface area (Å²) in [6.07, 6.45) is 9.39. The second kappa shape index (κ2) is 7.22. The van der Waals surface area contributed by atoms with Gasteiger partial charge in [0.25, 0.3) is 5.56 Å². The van der Waals surface area contributed by atoms with Crippen LogP contribution in [0.3, 0.4) is 0 Å². The predicted molar refractivity (Wildman–Crippen MR) is 104 cm³/mol. The van der Waals surface area contributed by atoms with Gasteiger partial charge in [-0.15, -0.1) is 0 Å². The normalized spacial score (nSPS) is 24.4. The van der Waals surface area contributed by atoms with Crippen molar-refractivity contribution < 1.29 is 0 Å². The molecule has 4 heterocycles. The van der Waals surface area contributed by atoms with Crippen LogP contribution in [0, 0.1) is 5.92 Å². The van der Waals surface area contributed by atoms with Crippen molar-refractivity contribution in [3.05, 3.63) is 52.2 Å². The highest BCUT2D eigenvalue weighted by molar-refractivity contribution is 5.35. The van der Waals surface area contributed by atoms with Gasteiger partial charge in [0, 0.05) is 49.2 Å². The van der Waals surface area contributed by atoms with Gasteiger partial charge in [-0.25, -0.2) is 9.97 Å². The summed E-state index contributed by atoms with van der Waals surface area (Å²) in [5.41, 5.74) is 2.55. The molecule has 0 N–H and O–H groups in total. The number of rotatable bonds is 5. The summed E-state index contributed by atoms with van der Waals surface area (Å²) in [6.45, 7) is 6.21. The molecule has 2 bridgehead atoms. The number of nitrogens with zero attached hydrogens (tertiary/aromatic N) is 4. The summed E-state index contributed by atoms with van der Waals surface area (Å²) in [6, 6.07) is 6.05. The SMILES string of the molecule is CCCc1cnc(N2C[C@H]3C[C@@H](C2)[C@H](CCC)n2c3cccc2=O)nc1. The monoisotopic (exact) mass is 352 g/mol. The molecule has 1 fully saturated rings. The van der Waals surface area contributed by atoms with Crippen molar-refractivity contribution >= 4 is 5.95 Å². The summed E-state index contributed by atoms with van der Waals surface area (Å²) in [7, 11) is 0. The van der Waals surface area contributed by atoms with Gasteiger partial charge in [0.15, 0.2) is 0 Å². The van der Waals surface area contributed by atoms with E-state index in [0.717, 1.165) is 44.7 Å². The van der Waals surface area contributed by atoms with Gasteiger partial charge in [-0.05, 0) is 36.8 Å². The van der Waals surface area contributed by atoms with E-state index in [-0.39, 0.29) is 5.56 Å². The molecule has 0 spiro atoms. The van der Waals surface area contributed by atoms with Crippen LogP contribution in [0.15, 0.2) is 35.4 Å². The lowest BCUT2D eigenvalue weighted by Crippen LogP contribution is -2.50. The van der Waals surface area contributed by atoms with Crippen molar-refractivity contribution in [3.63, 3.8) is 0 Å². The Morgan fingerprint density at radius 3 is 2.65 bits per heavy atom. The fourth-order valence-corrected chi connectivity index (χ4v) is 4.80. The lowest BCUT2D eigenvalue weighted by molar-refractivity contribution is 0.201. The first kappa shape index (κ1) is 17.3. The molecule has 5 heteroatoms. The lowest BCUT2D eigenvalue weighted by atomic mass is 9.77. The topological polar surface area (TPSA) is 51.0 Å². The molecule has 1 saturated heterocycles. The van der Waals surface area contributed by atoms with Crippen molar-refractivity contribution in [3.8, 4) is 0 Å². The van der Waals surface area contributed by atoms with Crippen LogP contribution in [0.5, 0.6) is 0 Å². The zero-order valence-corrected chi connectivity index (χ0v) is 15.8. The Labute approximate surface area is 155 Å². The number of aromatic nitrogens is 3. The van der Waals surface area contributed by atoms with Crippen molar-refractivity contribution in [2.45, 2.75) is 57.9 Å². The van der Waals surface area contributed by atoms with E-state index in [1.54, 1.807) is 6.07 Å². The third-order valence-corrected chi connectivity index (χ3v) is 5.90. The minimum Gasteiger partial charge on any atom is -0.340 e. The second-order valence-electron chi connectivity index (χ2n) is 7.75. The number of hydrogen-bond acceptors (Lipinski definition) is 4. The molecule has 3 atom stereocenters. The first-order valence-electron chi connectivity index (χ1n) is 9.98. The zero-order chi connectivity index (χ0) is 18.1. The highest BCUT2D eigenvalue weighted by atomic mass is 16.1. The van der Waals surface area contributed by atoms with Crippen LogP contribution in [0.4, 0.5) is 5.95 Å². The van der Waals surface area contributed by atoms with E-state index < -0.39 is 0 Å². The summed E-state index contributed by atoms with van der Waals surface area (Å²) < 4.78 is 2.09. The number of pyridine rings is 1. The number of fused-ring (bicyclic) bond motifs is 4. The van der Waals surface area contributed by atoms with E-state index in [1.165, 1.54) is 17.7 Å². The van der Waals surface area contributed by atoms with Crippen LogP contribution in [-0.2, 0) is 6.42 Å². The molecule has 26 heavy (non-hydrogen) atoms. The summed E-state index contributed by atoms with van der Waals surface area (Å²) in [5, 5.41) is 0. The Balaban J connectivity index is 1.65. The summed E-state index contributed by atoms with van der Waals surface area (Å²) >= 11 is 0. The Kier molecular flexibility index (Phi) is 4.79. The van der Waals surface area contributed by atoms with E-state index in [9.17, 15) is 4.79 Å². The molecule has 0 amide bonds. The van der Waals surface area contributed by atoms with Crippen LogP contribution >= 0.6 is 0 Å². The molecule has 2 aromatic heterocycles. The molecule has 2 aliphatic rings. The maximum Gasteiger partial charge on any atom is 0.250 e. The van der Waals surface area contributed by atoms with Gasteiger partial charge in [-0.2, -0.15) is 0 Å². The van der Waals surface area contributed by atoms with Gasteiger partial charge in [-0.1, -0.05) is 32.8 Å². The van der Waals surface area contributed by atoms with E-state index in [4.69, 9.17) is 0 Å². The fourth-order valence-electron chi connectivity index (χ4n) is 4.80. The molecule has 5 nitrogen and oxygen atoms in total. The van der Waals surface area contributed by atoms with E-state index in [2.05, 4.69) is 39.3 Å². The number of aryl methyl sites for hydroxylation is 1. The standard InChI is InChI=1S/C21H28N4O/c1-3-6-15-11-22-21(23-12-15)24-13-16-10-17(14-24)19-8-5-9-20(26)25(19)18(16)7-4-2/h5,8-9,11-12,16-18H,3-4,6-7,10,13-14H2,1-2H3/t16-,17+,18-/m0/s1. The lowest BCUT2D eigenvalue weighted by Gasteiger charge is -2.47. The molecule has 4 rings (SSSR count). The average Bonchev–Trinajstić information content (AvgIpc) is 2.66. The second-order valence-corrected chi connectivity index (χ2v) is 7.75. The smallest absolute Gasteiger partial charge is 0.250 e. The van der Waals surface area contributed by atoms with Crippen LogP contribution in [0.25, 0.3) is 0 Å². The van der Waals surface area contributed by atoms with Gasteiger partial charge in [0.05, 0.1) is 0 Å². The molecule has 0 aromatic carbocycles. The molecule has 0 unspecified atom stereocenters. The quantitative estimate of drug-likeness (QED) is 0.826. The molecule has 2 aromatic rings. The van der Waals surface area contributed by atoms with Crippen LogP contribution < -0.4 is 10.5 Å². The molecule has 0 saturated carbocycles. The highest BCUT2D eigenvalue weighted by Gasteiger charge is 2.40.